The summed E-state index contributed by atoms with van der Waals surface area (Å²) in [6.45, 7) is 6.36. The van der Waals surface area contributed by atoms with Crippen molar-refractivity contribution in [1.82, 2.24) is 4.98 Å². The number of carbonyl (C=O) groups is 2. The molecular weight excluding hydrogens is 438 g/mol. The van der Waals surface area contributed by atoms with Crippen LogP contribution in [0, 0.1) is 0 Å². The Morgan fingerprint density at radius 2 is 2.00 bits per heavy atom. The number of quaternary nitrogens is 1. The van der Waals surface area contributed by atoms with E-state index in [2.05, 4.69) is 70.1 Å². The molecule has 0 amide bonds. The number of carboxylic acid groups (broad SMARTS) is 2. The van der Waals surface area contributed by atoms with Gasteiger partial charge in [0.2, 0.25) is 0 Å². The van der Waals surface area contributed by atoms with Crippen LogP contribution in [0.4, 0.5) is 5.82 Å². The number of aliphatic carboxylic acids is 2. The van der Waals surface area contributed by atoms with Gasteiger partial charge in [0.15, 0.2) is 0 Å². The molecule has 29 heavy (non-hydrogen) atoms. The fourth-order valence-electron chi connectivity index (χ4n) is 2.31. The quantitative estimate of drug-likeness (QED) is 0.532. The number of anilines is 1. The molecule has 1 unspecified atom stereocenters. The normalized spacial score (nSPS) is 11.4. The van der Waals surface area contributed by atoms with E-state index in [1.165, 1.54) is 10.5 Å². The molecule has 1 aromatic carbocycles. The molecule has 0 saturated carbocycles. The lowest BCUT2D eigenvalue weighted by atomic mass is 10.2. The first-order valence-corrected chi connectivity index (χ1v) is 9.94. The molecule has 0 aliphatic rings. The third-order valence-electron chi connectivity index (χ3n) is 4.01. The van der Waals surface area contributed by atoms with E-state index in [9.17, 15) is 14.7 Å². The van der Waals surface area contributed by atoms with Crippen LogP contribution in [0.5, 0.6) is 0 Å². The van der Waals surface area contributed by atoms with E-state index in [1.54, 1.807) is 0 Å². The lowest BCUT2D eigenvalue weighted by Gasteiger charge is -2.25. The van der Waals surface area contributed by atoms with Gasteiger partial charge in [0.1, 0.15) is 5.82 Å². The number of hydrogen-bond donors (Lipinski definition) is 2. The van der Waals surface area contributed by atoms with E-state index in [-0.39, 0.29) is 0 Å². The van der Waals surface area contributed by atoms with Crippen LogP contribution < -0.4 is 14.9 Å². The maximum Gasteiger partial charge on any atom is 0.328 e. The van der Waals surface area contributed by atoms with Crippen LogP contribution in [0.1, 0.15) is 12.5 Å². The smallest absolute Gasteiger partial charge is 0.328 e. The maximum atomic E-state index is 9.53. The van der Waals surface area contributed by atoms with Gasteiger partial charge in [-0.1, -0.05) is 34.1 Å². The van der Waals surface area contributed by atoms with E-state index in [1.807, 2.05) is 18.3 Å². The molecule has 7 nitrogen and oxygen atoms in total. The second-order valence-corrected chi connectivity index (χ2v) is 7.21. The number of nitrogens with zero attached hydrogens (tertiary/aromatic N) is 2. The minimum absolute atomic E-state index is 0.447. The van der Waals surface area contributed by atoms with Crippen molar-refractivity contribution in [2.75, 3.05) is 31.6 Å². The fourth-order valence-corrected chi connectivity index (χ4v) is 2.76. The van der Waals surface area contributed by atoms with Gasteiger partial charge in [-0.25, -0.2) is 9.78 Å². The van der Waals surface area contributed by atoms with E-state index in [0.29, 0.717) is 12.2 Å². The fraction of sp³-hybridized carbons (Fsp3) is 0.286. The molecule has 0 fully saturated rings. The first kappa shape index (κ1) is 24.3. The topological polar surface area (TPSA) is 98.0 Å². The van der Waals surface area contributed by atoms with Crippen LogP contribution in [0.25, 0.3) is 0 Å². The second-order valence-electron chi connectivity index (χ2n) is 6.29. The monoisotopic (exact) mass is 463 g/mol. The van der Waals surface area contributed by atoms with E-state index >= 15 is 0 Å². The minimum atomic E-state index is -1.51. The van der Waals surface area contributed by atoms with Crippen molar-refractivity contribution in [1.29, 1.82) is 0 Å². The van der Waals surface area contributed by atoms with E-state index in [0.717, 1.165) is 36.5 Å². The van der Waals surface area contributed by atoms with Crippen molar-refractivity contribution in [3.8, 4) is 0 Å². The van der Waals surface area contributed by atoms with Gasteiger partial charge in [-0.2, -0.15) is 0 Å². The first-order chi connectivity index (χ1) is 13.8. The Balaban J connectivity index is 0.000000447. The van der Waals surface area contributed by atoms with Crippen molar-refractivity contribution in [2.45, 2.75) is 13.5 Å². The number of aromatic nitrogens is 1. The van der Waals surface area contributed by atoms with Gasteiger partial charge in [0, 0.05) is 23.3 Å². The maximum absolute atomic E-state index is 9.53. The molecule has 2 N–H and O–H groups in total. The van der Waals surface area contributed by atoms with Gasteiger partial charge < -0.3 is 24.8 Å². The third-order valence-corrected chi connectivity index (χ3v) is 4.50. The Bertz CT molecular complexity index is 784. The number of carboxylic acids is 2. The van der Waals surface area contributed by atoms with Crippen molar-refractivity contribution in [3.05, 3.63) is 70.8 Å². The zero-order valence-corrected chi connectivity index (χ0v) is 18.1. The van der Waals surface area contributed by atoms with Crippen molar-refractivity contribution < 1.29 is 24.7 Å². The summed E-state index contributed by atoms with van der Waals surface area (Å²) < 4.78 is 1.12. The molecular formula is C21H26BrN3O4. The molecule has 0 spiro atoms. The number of halogens is 1. The van der Waals surface area contributed by atoms with Gasteiger partial charge in [-0.3, -0.25) is 0 Å². The second kappa shape index (κ2) is 13.5. The molecule has 0 aliphatic heterocycles. The zero-order valence-electron chi connectivity index (χ0n) is 16.5. The summed E-state index contributed by atoms with van der Waals surface area (Å²) in [4.78, 5) is 27.4. The van der Waals surface area contributed by atoms with Crippen LogP contribution in [0.15, 0.2) is 65.3 Å². The van der Waals surface area contributed by atoms with Crippen LogP contribution in [0.3, 0.4) is 0 Å². The summed E-state index contributed by atoms with van der Waals surface area (Å²) in [6, 6.07) is 14.6. The van der Waals surface area contributed by atoms with Gasteiger partial charge >= 0.3 is 5.97 Å². The molecule has 0 aliphatic carbocycles. The summed E-state index contributed by atoms with van der Waals surface area (Å²) in [6.07, 6.45) is 2.80. The molecule has 0 radical (unpaired) electrons. The summed E-state index contributed by atoms with van der Waals surface area (Å²) >= 11 is 3.54. The molecule has 8 heteroatoms. The van der Waals surface area contributed by atoms with Gasteiger partial charge in [-0.05, 0) is 42.8 Å². The molecule has 2 aromatic rings. The molecule has 1 heterocycles. The molecule has 0 saturated heterocycles. The third kappa shape index (κ3) is 11.0. The Labute approximate surface area is 179 Å². The number of benzene rings is 1. The largest absolute Gasteiger partial charge is 0.545 e. The van der Waals surface area contributed by atoms with Crippen LogP contribution in [-0.2, 0) is 16.1 Å². The summed E-state index contributed by atoms with van der Waals surface area (Å²) in [7, 11) is 2.23. The minimum Gasteiger partial charge on any atom is -0.545 e. The van der Waals surface area contributed by atoms with Crippen molar-refractivity contribution in [3.63, 3.8) is 0 Å². The zero-order chi connectivity index (χ0) is 21.6. The van der Waals surface area contributed by atoms with Crippen molar-refractivity contribution >= 4 is 33.7 Å². The Kier molecular flexibility index (Phi) is 11.3. The molecule has 1 atom stereocenters. The van der Waals surface area contributed by atoms with Crippen LogP contribution >= 0.6 is 15.9 Å². The standard InChI is InChI=1S/C17H22BrN3.C4H4O4/c1-3-20(2)11-12-21(17-9-4-5-10-19-17)14-15-7-6-8-16(18)13-15;5-3(6)1-2-4(7)8/h4-10,13H,3,11-12,14H2,1-2H3;1-2H,(H,5,6)(H,7,8)/b;2-1-. The molecule has 0 bridgehead atoms. The number of rotatable bonds is 9. The molecule has 156 valence electrons. The average molecular weight is 464 g/mol. The number of carbonyl (C=O) groups excluding carboxylic acids is 1. The number of hydrogen-bond acceptors (Lipinski definition) is 5. The Hall–Kier alpha value is -2.71. The highest BCUT2D eigenvalue weighted by atomic mass is 79.9. The van der Waals surface area contributed by atoms with E-state index < -0.39 is 11.9 Å². The summed E-state index contributed by atoms with van der Waals surface area (Å²) in [5, 5.41) is 17.2. The first-order valence-electron chi connectivity index (χ1n) is 9.15. The Morgan fingerprint density at radius 1 is 1.24 bits per heavy atom. The summed E-state index contributed by atoms with van der Waals surface area (Å²) in [5.74, 6) is -1.76. The molecule has 1 aromatic heterocycles. The average Bonchev–Trinajstić information content (AvgIpc) is 2.70. The van der Waals surface area contributed by atoms with E-state index in [4.69, 9.17) is 5.11 Å². The Morgan fingerprint density at radius 3 is 2.52 bits per heavy atom. The van der Waals surface area contributed by atoms with Gasteiger partial charge in [0.25, 0.3) is 0 Å². The van der Waals surface area contributed by atoms with Crippen molar-refractivity contribution in [2.24, 2.45) is 0 Å². The predicted octanol–water partition coefficient (Wildman–Crippen LogP) is 0.762. The van der Waals surface area contributed by atoms with Crippen LogP contribution in [0.2, 0.25) is 0 Å². The highest BCUT2D eigenvalue weighted by molar-refractivity contribution is 9.10. The lowest BCUT2D eigenvalue weighted by molar-refractivity contribution is -0.876. The SMILES string of the molecule is CC[NH+](C)CCN(Cc1cccc(Br)c1)c1ccccn1.O=C([O-])/C=C\C(=O)O. The number of nitrogens with one attached hydrogen (secondary N) is 1. The van der Waals surface area contributed by atoms with Gasteiger partial charge in [-0.15, -0.1) is 0 Å². The highest BCUT2D eigenvalue weighted by Crippen LogP contribution is 2.16. The van der Waals surface area contributed by atoms with Crippen LogP contribution in [-0.4, -0.2) is 48.7 Å². The lowest BCUT2D eigenvalue weighted by Crippen LogP contribution is -3.09. The number of pyridine rings is 1. The number of likely N-dealkylation sites (N-methyl/N-ethyl adjacent to an activating group) is 1. The highest BCUT2D eigenvalue weighted by Gasteiger charge is 2.11. The summed E-state index contributed by atoms with van der Waals surface area (Å²) in [5.41, 5.74) is 1.30. The van der Waals surface area contributed by atoms with Gasteiger partial charge in [0.05, 0.1) is 32.7 Å². The molecule has 2 rings (SSSR count). The predicted molar refractivity (Wildman–Crippen MR) is 114 cm³/mol.